The SMILES string of the molecule is Cc1nn(C)c(C)c1/C=C/C(=O)O[C@@H](C)C(=O)Nc1ccc(Cl)cn1. The van der Waals surface area contributed by atoms with E-state index >= 15 is 0 Å². The maximum absolute atomic E-state index is 12.0. The van der Waals surface area contributed by atoms with Gasteiger partial charge in [0.1, 0.15) is 5.82 Å². The molecule has 0 saturated heterocycles. The summed E-state index contributed by atoms with van der Waals surface area (Å²) in [5.74, 6) is -0.769. The number of carbonyl (C=O) groups is 2. The third-order valence-electron chi connectivity index (χ3n) is 3.59. The molecule has 1 atom stereocenters. The molecule has 8 heteroatoms. The lowest BCUT2D eigenvalue weighted by molar-refractivity contribution is -0.148. The Morgan fingerprint density at radius 1 is 1.36 bits per heavy atom. The van der Waals surface area contributed by atoms with Gasteiger partial charge in [-0.25, -0.2) is 9.78 Å². The zero-order valence-electron chi connectivity index (χ0n) is 14.4. The summed E-state index contributed by atoms with van der Waals surface area (Å²) < 4.78 is 6.83. The molecule has 0 aliphatic heterocycles. The van der Waals surface area contributed by atoms with Gasteiger partial charge < -0.3 is 10.1 Å². The molecule has 0 fully saturated rings. The van der Waals surface area contributed by atoms with Crippen LogP contribution in [0.25, 0.3) is 6.08 Å². The second kappa shape index (κ2) is 7.94. The second-order valence-corrected chi connectivity index (χ2v) is 5.91. The summed E-state index contributed by atoms with van der Waals surface area (Å²) in [6.07, 6.45) is 3.35. The molecule has 1 N–H and O–H groups in total. The van der Waals surface area contributed by atoms with E-state index in [0.29, 0.717) is 10.8 Å². The van der Waals surface area contributed by atoms with Crippen molar-refractivity contribution in [3.05, 3.63) is 46.4 Å². The molecule has 0 radical (unpaired) electrons. The van der Waals surface area contributed by atoms with Crippen LogP contribution in [0.5, 0.6) is 0 Å². The molecular weight excluding hydrogens is 344 g/mol. The minimum absolute atomic E-state index is 0.328. The number of carbonyl (C=O) groups excluding carboxylic acids is 2. The highest BCUT2D eigenvalue weighted by atomic mass is 35.5. The number of hydrogen-bond acceptors (Lipinski definition) is 5. The number of hydrogen-bond donors (Lipinski definition) is 1. The highest BCUT2D eigenvalue weighted by Crippen LogP contribution is 2.14. The molecule has 0 saturated carbocycles. The van der Waals surface area contributed by atoms with Crippen LogP contribution in [0.15, 0.2) is 24.4 Å². The number of nitrogens with zero attached hydrogens (tertiary/aromatic N) is 3. The van der Waals surface area contributed by atoms with Crippen LogP contribution in [0, 0.1) is 13.8 Å². The van der Waals surface area contributed by atoms with Crippen LogP contribution < -0.4 is 5.32 Å². The Kier molecular flexibility index (Phi) is 5.93. The fourth-order valence-corrected chi connectivity index (χ4v) is 2.24. The number of amides is 1. The predicted octanol–water partition coefficient (Wildman–Crippen LogP) is 2.67. The lowest BCUT2D eigenvalue weighted by Gasteiger charge is -2.11. The monoisotopic (exact) mass is 362 g/mol. The van der Waals surface area contributed by atoms with Crippen LogP contribution in [-0.4, -0.2) is 32.7 Å². The molecule has 132 valence electrons. The average molecular weight is 363 g/mol. The smallest absolute Gasteiger partial charge is 0.331 e. The van der Waals surface area contributed by atoms with Crippen molar-refractivity contribution in [3.63, 3.8) is 0 Å². The highest BCUT2D eigenvalue weighted by Gasteiger charge is 2.17. The Labute approximate surface area is 150 Å². The van der Waals surface area contributed by atoms with Crippen LogP contribution in [0.1, 0.15) is 23.9 Å². The first-order valence-corrected chi connectivity index (χ1v) is 7.97. The zero-order chi connectivity index (χ0) is 18.6. The molecule has 0 spiro atoms. The molecule has 0 bridgehead atoms. The number of aryl methyl sites for hydroxylation is 2. The molecule has 2 aromatic heterocycles. The third-order valence-corrected chi connectivity index (χ3v) is 3.82. The quantitative estimate of drug-likeness (QED) is 0.652. The number of nitrogens with one attached hydrogen (secondary N) is 1. The van der Waals surface area contributed by atoms with Gasteiger partial charge in [-0.05, 0) is 39.0 Å². The van der Waals surface area contributed by atoms with Crippen molar-refractivity contribution in [2.24, 2.45) is 7.05 Å². The summed E-state index contributed by atoms with van der Waals surface area (Å²) in [5, 5.41) is 7.27. The topological polar surface area (TPSA) is 86.1 Å². The van der Waals surface area contributed by atoms with Crippen LogP contribution in [-0.2, 0) is 21.4 Å². The number of esters is 1. The van der Waals surface area contributed by atoms with Crippen molar-refractivity contribution in [1.29, 1.82) is 0 Å². The van der Waals surface area contributed by atoms with E-state index in [2.05, 4.69) is 15.4 Å². The molecule has 2 aromatic rings. The maximum Gasteiger partial charge on any atom is 0.331 e. The van der Waals surface area contributed by atoms with Crippen molar-refractivity contribution >= 4 is 35.4 Å². The molecule has 2 heterocycles. The number of halogens is 1. The van der Waals surface area contributed by atoms with E-state index in [1.54, 1.807) is 22.9 Å². The molecule has 0 unspecified atom stereocenters. The van der Waals surface area contributed by atoms with Crippen molar-refractivity contribution in [2.45, 2.75) is 26.9 Å². The second-order valence-electron chi connectivity index (χ2n) is 5.47. The first-order chi connectivity index (χ1) is 11.8. The summed E-state index contributed by atoms with van der Waals surface area (Å²) in [4.78, 5) is 27.9. The predicted molar refractivity (Wildman–Crippen MR) is 95.1 cm³/mol. The van der Waals surface area contributed by atoms with E-state index < -0.39 is 18.0 Å². The van der Waals surface area contributed by atoms with E-state index in [1.807, 2.05) is 20.9 Å². The van der Waals surface area contributed by atoms with E-state index in [9.17, 15) is 9.59 Å². The Hall–Kier alpha value is -2.67. The number of anilines is 1. The number of pyridine rings is 1. The summed E-state index contributed by atoms with van der Waals surface area (Å²) in [6, 6.07) is 3.16. The molecule has 0 aromatic carbocycles. The molecule has 25 heavy (non-hydrogen) atoms. The number of aromatic nitrogens is 3. The van der Waals surface area contributed by atoms with Gasteiger partial charge in [0.25, 0.3) is 5.91 Å². The average Bonchev–Trinajstić information content (AvgIpc) is 2.80. The lowest BCUT2D eigenvalue weighted by Crippen LogP contribution is -2.29. The fourth-order valence-electron chi connectivity index (χ4n) is 2.13. The third kappa shape index (κ3) is 4.90. The first-order valence-electron chi connectivity index (χ1n) is 7.59. The standard InChI is InChI=1S/C17H19ClN4O3/c1-10-14(11(2)22(4)21-10)6-8-16(23)25-12(3)17(24)20-15-7-5-13(18)9-19-15/h5-9,12H,1-4H3,(H,19,20,24)/b8-6+/t12-/m0/s1. The van der Waals surface area contributed by atoms with Crippen LogP contribution in [0.2, 0.25) is 5.02 Å². The van der Waals surface area contributed by atoms with Crippen LogP contribution >= 0.6 is 11.6 Å². The zero-order valence-corrected chi connectivity index (χ0v) is 15.2. The Morgan fingerprint density at radius 3 is 2.64 bits per heavy atom. The van der Waals surface area contributed by atoms with Crippen molar-refractivity contribution in [3.8, 4) is 0 Å². The lowest BCUT2D eigenvalue weighted by atomic mass is 10.2. The molecule has 2 rings (SSSR count). The highest BCUT2D eigenvalue weighted by molar-refractivity contribution is 6.30. The van der Waals surface area contributed by atoms with Gasteiger partial charge in [0.15, 0.2) is 6.10 Å². The molecule has 0 aliphatic carbocycles. The van der Waals surface area contributed by atoms with Gasteiger partial charge in [0, 0.05) is 30.6 Å². The van der Waals surface area contributed by atoms with Gasteiger partial charge in [-0.3, -0.25) is 9.48 Å². The minimum Gasteiger partial charge on any atom is -0.449 e. The molecule has 1 amide bonds. The van der Waals surface area contributed by atoms with E-state index in [1.165, 1.54) is 19.2 Å². The number of ether oxygens (including phenoxy) is 1. The summed E-state index contributed by atoms with van der Waals surface area (Å²) in [5.41, 5.74) is 2.59. The Balaban J connectivity index is 1.93. The van der Waals surface area contributed by atoms with Gasteiger partial charge in [0.05, 0.1) is 10.7 Å². The summed E-state index contributed by atoms with van der Waals surface area (Å²) in [7, 11) is 1.83. The Bertz CT molecular complexity index is 812. The molecular formula is C17H19ClN4O3. The molecule has 0 aliphatic rings. The Morgan fingerprint density at radius 2 is 2.08 bits per heavy atom. The van der Waals surface area contributed by atoms with Gasteiger partial charge in [-0.2, -0.15) is 5.10 Å². The van der Waals surface area contributed by atoms with Crippen molar-refractivity contribution in [2.75, 3.05) is 5.32 Å². The summed E-state index contributed by atoms with van der Waals surface area (Å²) in [6.45, 7) is 5.24. The summed E-state index contributed by atoms with van der Waals surface area (Å²) >= 11 is 5.73. The van der Waals surface area contributed by atoms with E-state index in [-0.39, 0.29) is 0 Å². The van der Waals surface area contributed by atoms with Gasteiger partial charge in [-0.15, -0.1) is 0 Å². The fraction of sp³-hybridized carbons (Fsp3) is 0.294. The largest absolute Gasteiger partial charge is 0.449 e. The van der Waals surface area contributed by atoms with Gasteiger partial charge >= 0.3 is 5.97 Å². The van der Waals surface area contributed by atoms with E-state index in [4.69, 9.17) is 16.3 Å². The van der Waals surface area contributed by atoms with Crippen LogP contribution in [0.3, 0.4) is 0 Å². The first kappa shape index (κ1) is 18.7. The van der Waals surface area contributed by atoms with Gasteiger partial charge in [-0.1, -0.05) is 11.6 Å². The van der Waals surface area contributed by atoms with E-state index in [0.717, 1.165) is 17.0 Å². The molecule has 7 nitrogen and oxygen atoms in total. The minimum atomic E-state index is -0.967. The number of rotatable bonds is 5. The normalized spacial score (nSPS) is 12.2. The van der Waals surface area contributed by atoms with Crippen molar-refractivity contribution in [1.82, 2.24) is 14.8 Å². The van der Waals surface area contributed by atoms with Crippen molar-refractivity contribution < 1.29 is 14.3 Å². The van der Waals surface area contributed by atoms with Crippen LogP contribution in [0.4, 0.5) is 5.82 Å². The van der Waals surface area contributed by atoms with Gasteiger partial charge in [0.2, 0.25) is 0 Å². The maximum atomic E-state index is 12.0.